The van der Waals surface area contributed by atoms with E-state index in [-0.39, 0.29) is 12.5 Å². The van der Waals surface area contributed by atoms with Crippen LogP contribution >= 0.6 is 0 Å². The Kier molecular flexibility index (Phi) is 6.40. The van der Waals surface area contributed by atoms with Gasteiger partial charge < -0.3 is 10.0 Å². The van der Waals surface area contributed by atoms with Crippen LogP contribution in [0.1, 0.15) is 31.9 Å². The van der Waals surface area contributed by atoms with Crippen LogP contribution in [-0.4, -0.2) is 35.5 Å². The Morgan fingerprint density at radius 2 is 1.62 bits per heavy atom. The van der Waals surface area contributed by atoms with Crippen LogP contribution in [0.5, 0.6) is 0 Å². The number of carboxylic acid groups (broad SMARTS) is 1. The number of hydrogen-bond donors (Lipinski definition) is 1. The minimum Gasteiger partial charge on any atom is -0.481 e. The molecular formula is C17H25NO3. The van der Waals surface area contributed by atoms with E-state index in [0.29, 0.717) is 12.3 Å². The Hall–Kier alpha value is -1.84. The number of carbonyl (C=O) groups excluding carboxylic acids is 1. The molecule has 4 heteroatoms. The highest BCUT2D eigenvalue weighted by Crippen LogP contribution is 2.11. The molecule has 0 saturated carbocycles. The van der Waals surface area contributed by atoms with Gasteiger partial charge in [-0.2, -0.15) is 0 Å². The zero-order chi connectivity index (χ0) is 16.0. The quantitative estimate of drug-likeness (QED) is 0.840. The normalized spacial score (nSPS) is 12.2. The van der Waals surface area contributed by atoms with Crippen molar-refractivity contribution in [2.45, 2.75) is 33.6 Å². The number of amides is 1. The molecule has 0 saturated heterocycles. The van der Waals surface area contributed by atoms with Crippen LogP contribution in [0.25, 0.3) is 0 Å². The molecule has 0 aromatic heterocycles. The highest BCUT2D eigenvalue weighted by atomic mass is 16.4. The van der Waals surface area contributed by atoms with Gasteiger partial charge in [-0.25, -0.2) is 0 Å². The molecule has 4 nitrogen and oxygen atoms in total. The summed E-state index contributed by atoms with van der Waals surface area (Å²) in [5.41, 5.74) is 2.23. The smallest absolute Gasteiger partial charge is 0.308 e. The van der Waals surface area contributed by atoms with Crippen molar-refractivity contribution in [2.75, 3.05) is 13.6 Å². The minimum absolute atomic E-state index is 0.0558. The van der Waals surface area contributed by atoms with Gasteiger partial charge in [0.25, 0.3) is 0 Å². The minimum atomic E-state index is -0.882. The van der Waals surface area contributed by atoms with Gasteiger partial charge in [0.2, 0.25) is 5.91 Å². The zero-order valence-electron chi connectivity index (χ0n) is 13.3. The van der Waals surface area contributed by atoms with Gasteiger partial charge in [0, 0.05) is 13.6 Å². The highest BCUT2D eigenvalue weighted by Gasteiger charge is 2.17. The van der Waals surface area contributed by atoms with Crippen molar-refractivity contribution in [3.05, 3.63) is 35.4 Å². The van der Waals surface area contributed by atoms with Crippen molar-refractivity contribution >= 4 is 11.9 Å². The topological polar surface area (TPSA) is 57.6 Å². The van der Waals surface area contributed by atoms with Crippen molar-refractivity contribution in [3.63, 3.8) is 0 Å². The Balaban J connectivity index is 2.56. The molecular weight excluding hydrogens is 266 g/mol. The van der Waals surface area contributed by atoms with Gasteiger partial charge in [0.05, 0.1) is 12.3 Å². The number of aliphatic carboxylic acids is 1. The standard InChI is InChI=1S/C17H25NO3/c1-12(2)9-14-5-7-15(8-6-14)10-16(19)18(4)11-13(3)17(20)21/h5-8,12-13H,9-11H2,1-4H3,(H,20,21). The third-order valence-corrected chi connectivity index (χ3v) is 3.42. The fourth-order valence-electron chi connectivity index (χ4n) is 2.16. The second-order valence-electron chi connectivity index (χ2n) is 6.10. The van der Waals surface area contributed by atoms with Crippen molar-refractivity contribution in [1.82, 2.24) is 4.90 Å². The molecule has 1 atom stereocenters. The van der Waals surface area contributed by atoms with Gasteiger partial charge in [-0.3, -0.25) is 9.59 Å². The summed E-state index contributed by atoms with van der Waals surface area (Å²) in [5.74, 6) is -0.874. The Morgan fingerprint density at radius 1 is 1.10 bits per heavy atom. The second-order valence-corrected chi connectivity index (χ2v) is 6.10. The maximum Gasteiger partial charge on any atom is 0.308 e. The van der Waals surface area contributed by atoms with Gasteiger partial charge in [0.15, 0.2) is 0 Å². The lowest BCUT2D eigenvalue weighted by atomic mass is 10.0. The van der Waals surface area contributed by atoms with Gasteiger partial charge in [-0.15, -0.1) is 0 Å². The summed E-state index contributed by atoms with van der Waals surface area (Å²) in [6.07, 6.45) is 1.34. The van der Waals surface area contributed by atoms with Gasteiger partial charge >= 0.3 is 5.97 Å². The summed E-state index contributed by atoms with van der Waals surface area (Å²) >= 11 is 0. The lowest BCUT2D eigenvalue weighted by Gasteiger charge is -2.19. The van der Waals surface area contributed by atoms with Crippen LogP contribution in [0.15, 0.2) is 24.3 Å². The third-order valence-electron chi connectivity index (χ3n) is 3.42. The van der Waals surface area contributed by atoms with E-state index in [2.05, 4.69) is 26.0 Å². The molecule has 0 aliphatic rings. The molecule has 1 N–H and O–H groups in total. The molecule has 0 heterocycles. The summed E-state index contributed by atoms with van der Waals surface area (Å²) in [5, 5.41) is 8.87. The van der Waals surface area contributed by atoms with Crippen LogP contribution in [0.2, 0.25) is 0 Å². The highest BCUT2D eigenvalue weighted by molar-refractivity contribution is 5.79. The molecule has 1 aromatic carbocycles. The zero-order valence-corrected chi connectivity index (χ0v) is 13.3. The van der Waals surface area contributed by atoms with E-state index in [4.69, 9.17) is 5.11 Å². The average Bonchev–Trinajstić information content (AvgIpc) is 2.40. The van der Waals surface area contributed by atoms with Crippen molar-refractivity contribution in [1.29, 1.82) is 0 Å². The van der Waals surface area contributed by atoms with E-state index in [1.807, 2.05) is 12.1 Å². The third kappa shape index (κ3) is 5.98. The summed E-state index contributed by atoms with van der Waals surface area (Å²) in [4.78, 5) is 24.4. The first-order valence-electron chi connectivity index (χ1n) is 7.34. The SMILES string of the molecule is CC(C)Cc1ccc(CC(=O)N(C)CC(C)C(=O)O)cc1. The number of carboxylic acids is 1. The Morgan fingerprint density at radius 3 is 2.10 bits per heavy atom. The molecule has 0 aliphatic heterocycles. The van der Waals surface area contributed by atoms with Crippen molar-refractivity contribution in [2.24, 2.45) is 11.8 Å². The molecule has 0 radical (unpaired) electrons. The molecule has 116 valence electrons. The summed E-state index contributed by atoms with van der Waals surface area (Å²) < 4.78 is 0. The van der Waals surface area contributed by atoms with Crippen LogP contribution < -0.4 is 0 Å². The van der Waals surface area contributed by atoms with E-state index in [0.717, 1.165) is 12.0 Å². The summed E-state index contributed by atoms with van der Waals surface area (Å²) in [7, 11) is 1.65. The maximum atomic E-state index is 12.1. The lowest BCUT2D eigenvalue weighted by Crippen LogP contribution is -2.34. The lowest BCUT2D eigenvalue weighted by molar-refractivity contribution is -0.142. The molecule has 1 rings (SSSR count). The van der Waals surface area contributed by atoms with E-state index >= 15 is 0 Å². The first-order valence-corrected chi connectivity index (χ1v) is 7.34. The monoisotopic (exact) mass is 291 g/mol. The number of nitrogens with zero attached hydrogens (tertiary/aromatic N) is 1. The second kappa shape index (κ2) is 7.81. The Bertz CT molecular complexity index is 479. The fourth-order valence-corrected chi connectivity index (χ4v) is 2.16. The van der Waals surface area contributed by atoms with E-state index < -0.39 is 11.9 Å². The fraction of sp³-hybridized carbons (Fsp3) is 0.529. The predicted molar refractivity (Wildman–Crippen MR) is 83.1 cm³/mol. The molecule has 0 spiro atoms. The van der Waals surface area contributed by atoms with E-state index in [1.165, 1.54) is 10.5 Å². The average molecular weight is 291 g/mol. The van der Waals surface area contributed by atoms with Crippen LogP contribution in [0.4, 0.5) is 0 Å². The molecule has 0 aliphatic carbocycles. The number of likely N-dealkylation sites (N-methyl/N-ethyl adjacent to an activating group) is 1. The van der Waals surface area contributed by atoms with Gasteiger partial charge in [-0.05, 0) is 23.5 Å². The summed E-state index contributed by atoms with van der Waals surface area (Å²) in [6.45, 7) is 6.19. The van der Waals surface area contributed by atoms with Crippen molar-refractivity contribution in [3.8, 4) is 0 Å². The number of hydrogen-bond acceptors (Lipinski definition) is 2. The number of carbonyl (C=O) groups is 2. The molecule has 1 amide bonds. The summed E-state index contributed by atoms with van der Waals surface area (Å²) in [6, 6.07) is 8.07. The molecule has 1 unspecified atom stereocenters. The van der Waals surface area contributed by atoms with Crippen LogP contribution in [0, 0.1) is 11.8 Å². The number of benzene rings is 1. The first-order chi connectivity index (χ1) is 9.79. The van der Waals surface area contributed by atoms with E-state index in [9.17, 15) is 9.59 Å². The van der Waals surface area contributed by atoms with Gasteiger partial charge in [-0.1, -0.05) is 45.0 Å². The van der Waals surface area contributed by atoms with Crippen LogP contribution in [0.3, 0.4) is 0 Å². The molecule has 0 bridgehead atoms. The van der Waals surface area contributed by atoms with Crippen LogP contribution in [-0.2, 0) is 22.4 Å². The van der Waals surface area contributed by atoms with Gasteiger partial charge in [0.1, 0.15) is 0 Å². The van der Waals surface area contributed by atoms with E-state index in [1.54, 1.807) is 14.0 Å². The molecule has 0 fully saturated rings. The van der Waals surface area contributed by atoms with Crippen molar-refractivity contribution < 1.29 is 14.7 Å². The number of rotatable bonds is 7. The first kappa shape index (κ1) is 17.2. The molecule has 21 heavy (non-hydrogen) atoms. The molecule has 1 aromatic rings. The predicted octanol–water partition coefficient (Wildman–Crippen LogP) is 2.61. The Labute approximate surface area is 126 Å². The maximum absolute atomic E-state index is 12.1. The largest absolute Gasteiger partial charge is 0.481 e.